The minimum atomic E-state index is -0.402. The second-order valence-electron chi connectivity index (χ2n) is 9.48. The fraction of sp³-hybridized carbons (Fsp3) is 0.739. The molecule has 2 aliphatic rings. The van der Waals surface area contributed by atoms with Crippen LogP contribution < -0.4 is 15.0 Å². The van der Waals surface area contributed by atoms with Crippen molar-refractivity contribution in [1.82, 2.24) is 10.3 Å². The summed E-state index contributed by atoms with van der Waals surface area (Å²) in [4.78, 5) is 19.7. The Morgan fingerprint density at radius 1 is 1.20 bits per heavy atom. The van der Waals surface area contributed by atoms with Crippen LogP contribution in [0.2, 0.25) is 0 Å². The zero-order valence-corrected chi connectivity index (χ0v) is 19.0. The van der Waals surface area contributed by atoms with Crippen molar-refractivity contribution in [2.24, 2.45) is 5.41 Å². The van der Waals surface area contributed by atoms with Crippen molar-refractivity contribution in [2.45, 2.75) is 59.3 Å². The summed E-state index contributed by atoms with van der Waals surface area (Å²) < 4.78 is 16.8. The number of aromatic nitrogens is 1. The van der Waals surface area contributed by atoms with Crippen LogP contribution in [0, 0.1) is 12.3 Å². The minimum Gasteiger partial charge on any atom is -0.408 e. The smallest absolute Gasteiger partial charge is 0.408 e. The van der Waals surface area contributed by atoms with Gasteiger partial charge in [0.1, 0.15) is 5.82 Å². The number of ether oxygens (including phenoxy) is 3. The molecule has 0 unspecified atom stereocenters. The van der Waals surface area contributed by atoms with Gasteiger partial charge in [0, 0.05) is 38.8 Å². The molecule has 0 aromatic carbocycles. The zero-order valence-electron chi connectivity index (χ0n) is 19.0. The molecule has 0 aliphatic carbocycles. The molecule has 2 fully saturated rings. The number of nitrogens with one attached hydrogen (secondary N) is 1. The van der Waals surface area contributed by atoms with Gasteiger partial charge in [-0.25, -0.2) is 9.78 Å². The summed E-state index contributed by atoms with van der Waals surface area (Å²) in [5.41, 5.74) is 2.08. The van der Waals surface area contributed by atoms with Crippen LogP contribution in [0.3, 0.4) is 0 Å². The molecule has 0 saturated carbocycles. The van der Waals surface area contributed by atoms with Crippen LogP contribution >= 0.6 is 0 Å². The van der Waals surface area contributed by atoms with E-state index >= 15 is 0 Å². The monoisotopic (exact) mass is 419 g/mol. The average molecular weight is 420 g/mol. The van der Waals surface area contributed by atoms with Gasteiger partial charge in [-0.2, -0.15) is 0 Å². The molecule has 1 amide bonds. The van der Waals surface area contributed by atoms with Gasteiger partial charge in [-0.1, -0.05) is 20.8 Å². The van der Waals surface area contributed by atoms with Crippen molar-refractivity contribution in [2.75, 3.05) is 51.0 Å². The maximum Gasteiger partial charge on any atom is 0.412 e. The average Bonchev–Trinajstić information content (AvgIpc) is 2.73. The van der Waals surface area contributed by atoms with Crippen molar-refractivity contribution in [1.29, 1.82) is 0 Å². The van der Waals surface area contributed by atoms with Crippen LogP contribution in [0.4, 0.5) is 10.6 Å². The Morgan fingerprint density at radius 3 is 2.53 bits per heavy atom. The lowest BCUT2D eigenvalue weighted by molar-refractivity contribution is 0.0839. The molecule has 0 spiro atoms. The number of rotatable bonds is 6. The van der Waals surface area contributed by atoms with Crippen LogP contribution in [-0.2, 0) is 9.47 Å². The van der Waals surface area contributed by atoms with E-state index in [9.17, 15) is 4.79 Å². The number of morpholine rings is 1. The van der Waals surface area contributed by atoms with Gasteiger partial charge in [0.05, 0.1) is 18.9 Å². The third-order valence-corrected chi connectivity index (χ3v) is 5.68. The molecule has 1 aromatic rings. The van der Waals surface area contributed by atoms with Crippen LogP contribution in [-0.4, -0.2) is 57.1 Å². The Bertz CT molecular complexity index is 705. The van der Waals surface area contributed by atoms with E-state index in [2.05, 4.69) is 31.0 Å². The lowest BCUT2D eigenvalue weighted by atomic mass is 9.91. The zero-order chi connectivity index (χ0) is 21.6. The Labute approximate surface area is 180 Å². The molecule has 30 heavy (non-hydrogen) atoms. The van der Waals surface area contributed by atoms with Gasteiger partial charge in [0.25, 0.3) is 0 Å². The summed E-state index contributed by atoms with van der Waals surface area (Å²) in [7, 11) is 0. The molecule has 7 nitrogen and oxygen atoms in total. The summed E-state index contributed by atoms with van der Waals surface area (Å²) in [6, 6.07) is 2.02. The highest BCUT2D eigenvalue weighted by Gasteiger charge is 2.26. The van der Waals surface area contributed by atoms with Crippen molar-refractivity contribution >= 4 is 11.9 Å². The topological polar surface area (TPSA) is 72.9 Å². The number of amides is 1. The van der Waals surface area contributed by atoms with E-state index in [4.69, 9.17) is 19.2 Å². The maximum atomic E-state index is 12.5. The number of carbonyl (C=O) groups excluding carboxylic acids is 1. The third-order valence-electron chi connectivity index (χ3n) is 5.68. The standard InChI is InChI=1S/C23H37N3O4/c1-17-16-19(26-10-14-29-15-11-26)25-20(18-6-12-28-13-7-18)21(17)30-22(27)24-9-5-8-23(2,3)4/h16,18H,5-15H2,1-4H3,(H,24,27). The van der Waals surface area contributed by atoms with E-state index < -0.39 is 6.09 Å². The highest BCUT2D eigenvalue weighted by atomic mass is 16.6. The Hall–Kier alpha value is -1.86. The molecule has 3 heterocycles. The number of anilines is 1. The summed E-state index contributed by atoms with van der Waals surface area (Å²) in [5.74, 6) is 1.78. The van der Waals surface area contributed by atoms with Gasteiger partial charge < -0.3 is 24.4 Å². The first-order valence-electron chi connectivity index (χ1n) is 11.2. The number of hydrogen-bond donors (Lipinski definition) is 1. The first kappa shape index (κ1) is 22.8. The van der Waals surface area contributed by atoms with Crippen LogP contribution in [0.15, 0.2) is 6.07 Å². The molecule has 2 aliphatic heterocycles. The van der Waals surface area contributed by atoms with Crippen molar-refractivity contribution < 1.29 is 19.0 Å². The Kier molecular flexibility index (Phi) is 7.94. The Balaban J connectivity index is 1.73. The first-order valence-corrected chi connectivity index (χ1v) is 11.2. The molecular formula is C23H37N3O4. The van der Waals surface area contributed by atoms with Gasteiger partial charge in [-0.15, -0.1) is 0 Å². The number of aryl methyl sites for hydroxylation is 1. The van der Waals surface area contributed by atoms with Crippen molar-refractivity contribution in [3.63, 3.8) is 0 Å². The minimum absolute atomic E-state index is 0.238. The van der Waals surface area contributed by atoms with Crippen LogP contribution in [0.25, 0.3) is 0 Å². The fourth-order valence-corrected chi connectivity index (χ4v) is 3.94. The van der Waals surface area contributed by atoms with Gasteiger partial charge in [0.2, 0.25) is 0 Å². The number of carbonyl (C=O) groups is 1. The lowest BCUT2D eigenvalue weighted by Crippen LogP contribution is -2.37. The Morgan fingerprint density at radius 2 is 1.87 bits per heavy atom. The van der Waals surface area contributed by atoms with Gasteiger partial charge in [0.15, 0.2) is 5.75 Å². The molecule has 1 aromatic heterocycles. The number of nitrogens with zero attached hydrogens (tertiary/aromatic N) is 2. The van der Waals surface area contributed by atoms with Crippen molar-refractivity contribution in [3.05, 3.63) is 17.3 Å². The molecule has 0 radical (unpaired) electrons. The molecule has 168 valence electrons. The highest BCUT2D eigenvalue weighted by molar-refractivity contribution is 5.71. The lowest BCUT2D eigenvalue weighted by Gasteiger charge is -2.30. The van der Waals surface area contributed by atoms with E-state index in [1.165, 1.54) is 0 Å². The normalized spacial score (nSPS) is 18.3. The molecule has 2 saturated heterocycles. The number of pyridine rings is 1. The van der Waals surface area contributed by atoms with Crippen LogP contribution in [0.1, 0.15) is 63.6 Å². The first-order chi connectivity index (χ1) is 14.3. The van der Waals surface area contributed by atoms with E-state index in [0.29, 0.717) is 38.7 Å². The van der Waals surface area contributed by atoms with E-state index in [0.717, 1.165) is 55.8 Å². The van der Waals surface area contributed by atoms with E-state index in [-0.39, 0.29) is 11.3 Å². The molecular weight excluding hydrogens is 382 g/mol. The predicted octanol–water partition coefficient (Wildman–Crippen LogP) is 4.04. The SMILES string of the molecule is Cc1cc(N2CCOCC2)nc(C2CCOCC2)c1OC(=O)NCCCC(C)(C)C. The van der Waals surface area contributed by atoms with Crippen molar-refractivity contribution in [3.8, 4) is 5.75 Å². The molecule has 1 N–H and O–H groups in total. The van der Waals surface area contributed by atoms with Crippen LogP contribution in [0.5, 0.6) is 5.75 Å². The van der Waals surface area contributed by atoms with E-state index in [1.807, 2.05) is 13.0 Å². The summed E-state index contributed by atoms with van der Waals surface area (Å²) in [6.07, 6.45) is 3.36. The molecule has 3 rings (SSSR count). The largest absolute Gasteiger partial charge is 0.412 e. The van der Waals surface area contributed by atoms with Gasteiger partial charge in [-0.3, -0.25) is 0 Å². The molecule has 0 atom stereocenters. The van der Waals surface area contributed by atoms with Gasteiger partial charge in [-0.05, 0) is 49.7 Å². The summed E-state index contributed by atoms with van der Waals surface area (Å²) in [5, 5.41) is 2.90. The molecule has 7 heteroatoms. The highest BCUT2D eigenvalue weighted by Crippen LogP contribution is 2.36. The number of hydrogen-bond acceptors (Lipinski definition) is 6. The quantitative estimate of drug-likeness (QED) is 0.702. The second kappa shape index (κ2) is 10.4. The third kappa shape index (κ3) is 6.57. The molecule has 0 bridgehead atoms. The summed E-state index contributed by atoms with van der Waals surface area (Å²) >= 11 is 0. The summed E-state index contributed by atoms with van der Waals surface area (Å²) in [6.45, 7) is 13.7. The van der Waals surface area contributed by atoms with Gasteiger partial charge >= 0.3 is 6.09 Å². The second-order valence-corrected chi connectivity index (χ2v) is 9.48. The fourth-order valence-electron chi connectivity index (χ4n) is 3.94. The van der Waals surface area contributed by atoms with E-state index in [1.54, 1.807) is 0 Å². The maximum absolute atomic E-state index is 12.5. The predicted molar refractivity (Wildman–Crippen MR) is 118 cm³/mol.